The summed E-state index contributed by atoms with van der Waals surface area (Å²) >= 11 is 0. The molecule has 2 aromatic rings. The maximum absolute atomic E-state index is 13.2. The second kappa shape index (κ2) is 5.38. The SMILES string of the molecule is Cn1c2c(c(=O)n(C)c1=O)[C@H](c1ccc(F)cc1)C(C#N)=C(N)N2. The first kappa shape index (κ1) is 15.6. The first-order valence-electron chi connectivity index (χ1n) is 7.09. The van der Waals surface area contributed by atoms with Gasteiger partial charge in [0.2, 0.25) is 0 Å². The monoisotopic (exact) mass is 327 g/mol. The van der Waals surface area contributed by atoms with E-state index in [1.165, 1.54) is 42.9 Å². The van der Waals surface area contributed by atoms with Crippen molar-refractivity contribution >= 4 is 5.82 Å². The number of nitriles is 1. The van der Waals surface area contributed by atoms with Crippen LogP contribution in [0.4, 0.5) is 10.2 Å². The highest BCUT2D eigenvalue weighted by Crippen LogP contribution is 2.37. The number of anilines is 1. The number of nitrogens with one attached hydrogen (secondary N) is 1. The van der Waals surface area contributed by atoms with Crippen molar-refractivity contribution < 1.29 is 4.39 Å². The fourth-order valence-corrected chi connectivity index (χ4v) is 2.89. The molecular formula is C16H14FN5O2. The van der Waals surface area contributed by atoms with Crippen LogP contribution in [-0.2, 0) is 14.1 Å². The zero-order valence-electron chi connectivity index (χ0n) is 13.0. The molecule has 0 saturated heterocycles. The maximum atomic E-state index is 13.2. The normalized spacial score (nSPS) is 16.3. The Hall–Kier alpha value is -3.34. The van der Waals surface area contributed by atoms with Gasteiger partial charge in [-0.25, -0.2) is 9.18 Å². The van der Waals surface area contributed by atoms with E-state index in [0.717, 1.165) is 4.57 Å². The average Bonchev–Trinajstić information content (AvgIpc) is 2.57. The van der Waals surface area contributed by atoms with E-state index in [1.54, 1.807) is 0 Å². The summed E-state index contributed by atoms with van der Waals surface area (Å²) in [7, 11) is 2.86. The molecule has 0 radical (unpaired) electrons. The first-order chi connectivity index (χ1) is 11.4. The zero-order chi connectivity index (χ0) is 17.6. The van der Waals surface area contributed by atoms with Crippen LogP contribution in [0, 0.1) is 17.1 Å². The minimum atomic E-state index is -0.780. The molecule has 1 atom stereocenters. The lowest BCUT2D eigenvalue weighted by Crippen LogP contribution is -2.43. The largest absolute Gasteiger partial charge is 0.384 e. The highest BCUT2D eigenvalue weighted by molar-refractivity contribution is 5.64. The van der Waals surface area contributed by atoms with E-state index in [-0.39, 0.29) is 22.8 Å². The van der Waals surface area contributed by atoms with E-state index in [2.05, 4.69) is 5.32 Å². The van der Waals surface area contributed by atoms with Crippen LogP contribution in [0.2, 0.25) is 0 Å². The first-order valence-corrected chi connectivity index (χ1v) is 7.09. The number of allylic oxidation sites excluding steroid dienone is 1. The lowest BCUT2D eigenvalue weighted by molar-refractivity contribution is 0.626. The van der Waals surface area contributed by atoms with Crippen LogP contribution in [0.15, 0.2) is 45.2 Å². The number of hydrogen-bond acceptors (Lipinski definition) is 5. The molecule has 0 amide bonds. The Morgan fingerprint density at radius 3 is 2.42 bits per heavy atom. The molecule has 1 aliphatic rings. The van der Waals surface area contributed by atoms with Crippen molar-refractivity contribution in [2.45, 2.75) is 5.92 Å². The summed E-state index contributed by atoms with van der Waals surface area (Å²) in [5.41, 5.74) is 5.77. The molecule has 24 heavy (non-hydrogen) atoms. The molecule has 0 bridgehead atoms. The molecule has 2 heterocycles. The highest BCUT2D eigenvalue weighted by Gasteiger charge is 2.34. The van der Waals surface area contributed by atoms with Crippen LogP contribution in [-0.4, -0.2) is 9.13 Å². The van der Waals surface area contributed by atoms with Gasteiger partial charge >= 0.3 is 5.69 Å². The molecule has 0 spiro atoms. The Morgan fingerprint density at radius 2 is 1.83 bits per heavy atom. The summed E-state index contributed by atoms with van der Waals surface area (Å²) in [5.74, 6) is -0.925. The van der Waals surface area contributed by atoms with Crippen LogP contribution in [0.3, 0.4) is 0 Å². The van der Waals surface area contributed by atoms with Gasteiger partial charge in [-0.1, -0.05) is 12.1 Å². The summed E-state index contributed by atoms with van der Waals surface area (Å²) < 4.78 is 15.5. The van der Waals surface area contributed by atoms with Gasteiger partial charge in [0.05, 0.1) is 23.1 Å². The summed E-state index contributed by atoms with van der Waals surface area (Å²) in [4.78, 5) is 24.8. The van der Waals surface area contributed by atoms with Crippen molar-refractivity contribution in [3.63, 3.8) is 0 Å². The van der Waals surface area contributed by atoms with Crippen molar-refractivity contribution in [2.24, 2.45) is 19.8 Å². The molecular weight excluding hydrogens is 313 g/mol. The molecule has 1 aliphatic heterocycles. The molecule has 3 N–H and O–H groups in total. The molecule has 0 aliphatic carbocycles. The molecule has 122 valence electrons. The van der Waals surface area contributed by atoms with E-state index in [1.807, 2.05) is 6.07 Å². The predicted molar refractivity (Wildman–Crippen MR) is 85.6 cm³/mol. The van der Waals surface area contributed by atoms with Crippen LogP contribution in [0.5, 0.6) is 0 Å². The number of halogens is 1. The summed E-state index contributed by atoms with van der Waals surface area (Å²) in [6.45, 7) is 0. The van der Waals surface area contributed by atoms with E-state index in [9.17, 15) is 19.2 Å². The molecule has 0 saturated carbocycles. The Bertz CT molecular complexity index is 1020. The number of rotatable bonds is 1. The number of nitrogens with two attached hydrogens (primary N) is 1. The molecule has 0 fully saturated rings. The van der Waals surface area contributed by atoms with Crippen molar-refractivity contribution in [2.75, 3.05) is 5.32 Å². The van der Waals surface area contributed by atoms with Crippen LogP contribution < -0.4 is 22.3 Å². The van der Waals surface area contributed by atoms with Crippen LogP contribution >= 0.6 is 0 Å². The van der Waals surface area contributed by atoms with Crippen molar-refractivity contribution in [3.05, 3.63) is 73.4 Å². The van der Waals surface area contributed by atoms with Gasteiger partial charge in [-0.3, -0.25) is 13.9 Å². The Kier molecular flexibility index (Phi) is 3.49. The van der Waals surface area contributed by atoms with Gasteiger partial charge in [0, 0.05) is 14.1 Å². The predicted octanol–water partition coefficient (Wildman–Crippen LogP) is 0.474. The summed E-state index contributed by atoms with van der Waals surface area (Å²) in [6, 6.07) is 7.47. The van der Waals surface area contributed by atoms with Gasteiger partial charge in [-0.15, -0.1) is 0 Å². The third-order valence-corrected chi connectivity index (χ3v) is 4.14. The van der Waals surface area contributed by atoms with Crippen molar-refractivity contribution in [1.82, 2.24) is 9.13 Å². The molecule has 8 heteroatoms. The van der Waals surface area contributed by atoms with Gasteiger partial charge in [-0.05, 0) is 17.7 Å². The molecule has 0 unspecified atom stereocenters. The van der Waals surface area contributed by atoms with Crippen LogP contribution in [0.1, 0.15) is 17.0 Å². The smallest absolute Gasteiger partial charge is 0.332 e. The molecule has 7 nitrogen and oxygen atoms in total. The quantitative estimate of drug-likeness (QED) is 0.792. The fraction of sp³-hybridized carbons (Fsp3) is 0.188. The second-order valence-corrected chi connectivity index (χ2v) is 5.52. The van der Waals surface area contributed by atoms with Gasteiger partial charge < -0.3 is 11.1 Å². The van der Waals surface area contributed by atoms with E-state index in [0.29, 0.717) is 5.56 Å². The van der Waals surface area contributed by atoms with E-state index < -0.39 is 23.0 Å². The van der Waals surface area contributed by atoms with E-state index >= 15 is 0 Å². The number of aromatic nitrogens is 2. The minimum absolute atomic E-state index is 0.0579. The lowest BCUT2D eigenvalue weighted by atomic mass is 9.84. The van der Waals surface area contributed by atoms with Gasteiger partial charge in [0.15, 0.2) is 0 Å². The lowest BCUT2D eigenvalue weighted by Gasteiger charge is -2.28. The number of benzene rings is 1. The Balaban J connectivity index is 2.41. The summed E-state index contributed by atoms with van der Waals surface area (Å²) in [6.07, 6.45) is 0. The third-order valence-electron chi connectivity index (χ3n) is 4.14. The minimum Gasteiger partial charge on any atom is -0.384 e. The number of hydrogen-bond donors (Lipinski definition) is 2. The van der Waals surface area contributed by atoms with Crippen molar-refractivity contribution in [1.29, 1.82) is 5.26 Å². The van der Waals surface area contributed by atoms with Crippen molar-refractivity contribution in [3.8, 4) is 6.07 Å². The van der Waals surface area contributed by atoms with Crippen LogP contribution in [0.25, 0.3) is 0 Å². The standard InChI is InChI=1S/C16H14FN5O2/c1-21-14-12(15(23)22(2)16(21)24)11(10(7-18)13(19)20-14)8-3-5-9(17)6-4-8/h3-6,11,20H,19H2,1-2H3/t11-/m1/s1. The summed E-state index contributed by atoms with van der Waals surface area (Å²) in [5, 5.41) is 12.2. The molecule has 1 aromatic heterocycles. The topological polar surface area (TPSA) is 106 Å². The maximum Gasteiger partial charge on any atom is 0.332 e. The average molecular weight is 327 g/mol. The van der Waals surface area contributed by atoms with Gasteiger partial charge in [-0.2, -0.15) is 5.26 Å². The Labute approximate surface area is 136 Å². The third kappa shape index (κ3) is 2.10. The molecule has 3 rings (SSSR count). The number of fused-ring (bicyclic) bond motifs is 1. The second-order valence-electron chi connectivity index (χ2n) is 5.52. The number of nitrogens with zero attached hydrogens (tertiary/aromatic N) is 3. The molecule has 1 aromatic carbocycles. The highest BCUT2D eigenvalue weighted by atomic mass is 19.1. The Morgan fingerprint density at radius 1 is 1.21 bits per heavy atom. The zero-order valence-corrected chi connectivity index (χ0v) is 13.0. The fourth-order valence-electron chi connectivity index (χ4n) is 2.89. The van der Waals surface area contributed by atoms with Gasteiger partial charge in [0.25, 0.3) is 5.56 Å². The van der Waals surface area contributed by atoms with E-state index in [4.69, 9.17) is 5.73 Å². The van der Waals surface area contributed by atoms with Gasteiger partial charge in [0.1, 0.15) is 17.5 Å².